The third-order valence-electron chi connectivity index (χ3n) is 2.84. The minimum absolute atomic E-state index is 0.0126. The summed E-state index contributed by atoms with van der Waals surface area (Å²) in [4.78, 5) is 27.8. The van der Waals surface area contributed by atoms with E-state index in [9.17, 15) is 9.59 Å². The van der Waals surface area contributed by atoms with E-state index in [0.717, 1.165) is 0 Å². The largest absolute Gasteiger partial charge is 0.467 e. The number of rotatable bonds is 5. The second kappa shape index (κ2) is 6.36. The molecule has 0 spiro atoms. The van der Waals surface area contributed by atoms with E-state index in [2.05, 4.69) is 10.3 Å². The number of hydrogen-bond donors (Lipinski definition) is 1. The number of ether oxygens (including phenoxy) is 1. The summed E-state index contributed by atoms with van der Waals surface area (Å²) in [6.07, 6.45) is 3.17. The van der Waals surface area contributed by atoms with Gasteiger partial charge < -0.3 is 14.6 Å². The second-order valence-corrected chi connectivity index (χ2v) is 4.97. The van der Waals surface area contributed by atoms with E-state index in [1.165, 1.54) is 7.11 Å². The summed E-state index contributed by atoms with van der Waals surface area (Å²) < 4.78 is 6.28. The van der Waals surface area contributed by atoms with Gasteiger partial charge in [0.05, 0.1) is 7.11 Å². The van der Waals surface area contributed by atoms with Crippen molar-refractivity contribution in [2.24, 2.45) is 5.92 Å². The van der Waals surface area contributed by atoms with Crippen LogP contribution in [0.2, 0.25) is 0 Å². The lowest BCUT2D eigenvalue weighted by Crippen LogP contribution is -2.38. The number of carbonyl (C=O) groups is 1. The molecule has 6 nitrogen and oxygen atoms in total. The number of hydrogen-bond acceptors (Lipinski definition) is 5. The highest BCUT2D eigenvalue weighted by Crippen LogP contribution is 2.09. The molecule has 1 atom stereocenters. The molecular weight excluding hydrogens is 246 g/mol. The van der Waals surface area contributed by atoms with E-state index in [4.69, 9.17) is 4.74 Å². The number of carbonyl (C=O) groups excluding carboxylic acids is 1. The molecule has 1 heterocycles. The summed E-state index contributed by atoms with van der Waals surface area (Å²) in [7, 11) is 1.32. The van der Waals surface area contributed by atoms with E-state index >= 15 is 0 Å². The summed E-state index contributed by atoms with van der Waals surface area (Å²) in [6.45, 7) is 7.56. The number of nitrogens with one attached hydrogen (secondary N) is 1. The zero-order chi connectivity index (χ0) is 14.6. The molecule has 0 aliphatic carbocycles. The molecule has 0 amide bonds. The van der Waals surface area contributed by atoms with Crippen LogP contribution in [0.15, 0.2) is 17.2 Å². The van der Waals surface area contributed by atoms with E-state index in [1.54, 1.807) is 17.0 Å². The molecule has 0 saturated carbocycles. The highest BCUT2D eigenvalue weighted by atomic mass is 16.5. The Labute approximate surface area is 112 Å². The van der Waals surface area contributed by atoms with Crippen molar-refractivity contribution in [3.63, 3.8) is 0 Å². The Bertz CT molecular complexity index is 494. The maximum Gasteiger partial charge on any atom is 0.328 e. The van der Waals surface area contributed by atoms with Gasteiger partial charge in [-0.15, -0.1) is 0 Å². The minimum Gasteiger partial charge on any atom is -0.467 e. The normalized spacial score (nSPS) is 12.6. The fourth-order valence-electron chi connectivity index (χ4n) is 1.70. The molecule has 106 valence electrons. The smallest absolute Gasteiger partial charge is 0.328 e. The summed E-state index contributed by atoms with van der Waals surface area (Å²) in [5.74, 6) is -0.252. The van der Waals surface area contributed by atoms with Gasteiger partial charge in [-0.05, 0) is 19.8 Å². The first kappa shape index (κ1) is 15.2. The Morgan fingerprint density at radius 3 is 2.47 bits per heavy atom. The number of anilines is 1. The number of esters is 1. The van der Waals surface area contributed by atoms with Crippen molar-refractivity contribution in [3.05, 3.63) is 22.7 Å². The van der Waals surface area contributed by atoms with Gasteiger partial charge in [0.1, 0.15) is 6.04 Å². The lowest BCUT2D eigenvalue weighted by Gasteiger charge is -2.20. The molecular formula is C13H21N3O3. The molecule has 0 fully saturated rings. The number of aromatic nitrogens is 2. The summed E-state index contributed by atoms with van der Waals surface area (Å²) in [6, 6.07) is -0.556. The van der Waals surface area contributed by atoms with Crippen LogP contribution in [0.25, 0.3) is 0 Å². The van der Waals surface area contributed by atoms with Crippen molar-refractivity contribution in [2.45, 2.75) is 39.8 Å². The van der Waals surface area contributed by atoms with Crippen LogP contribution in [-0.4, -0.2) is 28.7 Å². The maximum atomic E-state index is 12.2. The minimum atomic E-state index is -0.590. The summed E-state index contributed by atoms with van der Waals surface area (Å²) >= 11 is 0. The van der Waals surface area contributed by atoms with E-state index in [-0.39, 0.29) is 23.3 Å². The molecule has 1 rings (SSSR count). The molecule has 6 heteroatoms. The molecule has 1 unspecified atom stereocenters. The third-order valence-corrected chi connectivity index (χ3v) is 2.84. The third kappa shape index (κ3) is 3.56. The highest BCUT2D eigenvalue weighted by Gasteiger charge is 2.24. The summed E-state index contributed by atoms with van der Waals surface area (Å²) in [5, 5.41) is 2.87. The zero-order valence-corrected chi connectivity index (χ0v) is 12.0. The molecule has 0 aliphatic heterocycles. The Hall–Kier alpha value is -1.85. The fourth-order valence-corrected chi connectivity index (χ4v) is 1.70. The Morgan fingerprint density at radius 1 is 1.37 bits per heavy atom. The standard InChI is InChI=1S/C13H21N3O3/c1-8(2)10(13(18)19-5)15-11-12(17)16(9(3)4)7-6-14-11/h6-10H,1-5H3,(H,14,15). The van der Waals surface area contributed by atoms with Crippen molar-refractivity contribution in [3.8, 4) is 0 Å². The quantitative estimate of drug-likeness (QED) is 0.817. The molecule has 1 N–H and O–H groups in total. The van der Waals surface area contributed by atoms with Crippen LogP contribution in [0.3, 0.4) is 0 Å². The molecule has 0 aliphatic rings. The van der Waals surface area contributed by atoms with Crippen LogP contribution in [0.1, 0.15) is 33.7 Å². The molecule has 0 saturated heterocycles. The van der Waals surface area contributed by atoms with Crippen molar-refractivity contribution < 1.29 is 9.53 Å². The van der Waals surface area contributed by atoms with Crippen LogP contribution in [0.5, 0.6) is 0 Å². The van der Waals surface area contributed by atoms with Crippen LogP contribution >= 0.6 is 0 Å². The predicted molar refractivity (Wildman–Crippen MR) is 73.1 cm³/mol. The summed E-state index contributed by atoms with van der Waals surface area (Å²) in [5.41, 5.74) is -0.243. The number of nitrogens with zero attached hydrogens (tertiary/aromatic N) is 2. The topological polar surface area (TPSA) is 73.2 Å². The van der Waals surface area contributed by atoms with Gasteiger partial charge in [0, 0.05) is 18.4 Å². The molecule has 1 aromatic rings. The Balaban J connectivity index is 3.07. The van der Waals surface area contributed by atoms with Crippen molar-refractivity contribution in [1.82, 2.24) is 9.55 Å². The average molecular weight is 267 g/mol. The fraction of sp³-hybridized carbons (Fsp3) is 0.615. The second-order valence-electron chi connectivity index (χ2n) is 4.97. The molecule has 0 bridgehead atoms. The van der Waals surface area contributed by atoms with E-state index < -0.39 is 12.0 Å². The SMILES string of the molecule is COC(=O)C(Nc1nccn(C(C)C)c1=O)C(C)C. The van der Waals surface area contributed by atoms with Gasteiger partial charge in [0.15, 0.2) is 5.82 Å². The van der Waals surface area contributed by atoms with Gasteiger partial charge in [-0.1, -0.05) is 13.8 Å². The monoisotopic (exact) mass is 267 g/mol. The lowest BCUT2D eigenvalue weighted by atomic mass is 10.1. The molecule has 0 aromatic carbocycles. The van der Waals surface area contributed by atoms with E-state index in [0.29, 0.717) is 0 Å². The molecule has 0 radical (unpaired) electrons. The lowest BCUT2D eigenvalue weighted by molar-refractivity contribution is -0.142. The van der Waals surface area contributed by atoms with Gasteiger partial charge in [0.2, 0.25) is 0 Å². The Kier molecular flexibility index (Phi) is 5.09. The van der Waals surface area contributed by atoms with Gasteiger partial charge in [0.25, 0.3) is 5.56 Å². The Morgan fingerprint density at radius 2 is 2.00 bits per heavy atom. The zero-order valence-electron chi connectivity index (χ0n) is 12.0. The highest BCUT2D eigenvalue weighted by molar-refractivity contribution is 5.79. The molecule has 19 heavy (non-hydrogen) atoms. The van der Waals surface area contributed by atoms with Crippen LogP contribution in [0.4, 0.5) is 5.82 Å². The molecule has 1 aromatic heterocycles. The first-order chi connectivity index (χ1) is 8.88. The van der Waals surface area contributed by atoms with Crippen LogP contribution in [0, 0.1) is 5.92 Å². The average Bonchev–Trinajstić information content (AvgIpc) is 2.35. The van der Waals surface area contributed by atoms with Crippen LogP contribution in [-0.2, 0) is 9.53 Å². The predicted octanol–water partition coefficient (Wildman–Crippen LogP) is 1.43. The van der Waals surface area contributed by atoms with Crippen molar-refractivity contribution in [1.29, 1.82) is 0 Å². The maximum absolute atomic E-state index is 12.2. The first-order valence-corrected chi connectivity index (χ1v) is 6.30. The van der Waals surface area contributed by atoms with Crippen molar-refractivity contribution >= 4 is 11.8 Å². The van der Waals surface area contributed by atoms with E-state index in [1.807, 2.05) is 27.7 Å². The first-order valence-electron chi connectivity index (χ1n) is 6.30. The van der Waals surface area contributed by atoms with Gasteiger partial charge in [-0.25, -0.2) is 9.78 Å². The van der Waals surface area contributed by atoms with Crippen LogP contribution < -0.4 is 10.9 Å². The number of methoxy groups -OCH3 is 1. The van der Waals surface area contributed by atoms with Gasteiger partial charge in [-0.3, -0.25) is 4.79 Å². The van der Waals surface area contributed by atoms with Crippen molar-refractivity contribution in [2.75, 3.05) is 12.4 Å². The van der Waals surface area contributed by atoms with Gasteiger partial charge >= 0.3 is 5.97 Å². The van der Waals surface area contributed by atoms with Gasteiger partial charge in [-0.2, -0.15) is 0 Å².